The molecule has 8 heteroatoms. The maximum Gasteiger partial charge on any atom is 0.337 e. The minimum atomic E-state index is -1.47. The van der Waals surface area contributed by atoms with Crippen LogP contribution >= 0.6 is 23.2 Å². The molecule has 0 fully saturated rings. The third-order valence-electron chi connectivity index (χ3n) is 1.58. The van der Waals surface area contributed by atoms with Gasteiger partial charge in [-0.05, 0) is 6.07 Å². The van der Waals surface area contributed by atoms with Crippen LogP contribution in [-0.4, -0.2) is 21.1 Å². The highest BCUT2D eigenvalue weighted by Crippen LogP contribution is 2.41. The smallest absolute Gasteiger partial charge is 0.337 e. The number of aromatic hydroxyl groups is 1. The highest BCUT2D eigenvalue weighted by Gasteiger charge is 2.27. The van der Waals surface area contributed by atoms with Gasteiger partial charge < -0.3 is 10.2 Å². The van der Waals surface area contributed by atoms with Gasteiger partial charge in [0.05, 0.1) is 15.5 Å². The summed E-state index contributed by atoms with van der Waals surface area (Å²) in [6.45, 7) is 0. The van der Waals surface area contributed by atoms with Gasteiger partial charge in [-0.2, -0.15) is 0 Å². The molecule has 0 spiro atoms. The minimum absolute atomic E-state index is 0.441. The van der Waals surface area contributed by atoms with Gasteiger partial charge in [0.15, 0.2) is 0 Å². The summed E-state index contributed by atoms with van der Waals surface area (Å²) in [4.78, 5) is 20.1. The zero-order valence-electron chi connectivity index (χ0n) is 6.90. The van der Waals surface area contributed by atoms with Crippen LogP contribution in [0.2, 0.25) is 10.0 Å². The molecule has 0 bridgehead atoms. The number of rotatable bonds is 2. The summed E-state index contributed by atoms with van der Waals surface area (Å²) in [5.41, 5.74) is -1.45. The van der Waals surface area contributed by atoms with E-state index >= 15 is 0 Å². The van der Waals surface area contributed by atoms with E-state index in [4.69, 9.17) is 28.3 Å². The molecule has 0 aromatic heterocycles. The summed E-state index contributed by atoms with van der Waals surface area (Å²) >= 11 is 10.8. The molecule has 1 aromatic carbocycles. The van der Waals surface area contributed by atoms with Gasteiger partial charge in [-0.15, -0.1) is 0 Å². The number of halogens is 2. The predicted octanol–water partition coefficient (Wildman–Crippen LogP) is 2.31. The number of phenolic OH excluding ortho intramolecular Hbond substituents is 1. The SMILES string of the molecule is O=C(O)c1cc(Cl)c(O)c([N+](=O)[O-])c1Cl. The van der Waals surface area contributed by atoms with E-state index in [0.29, 0.717) is 0 Å². The number of carboxylic acid groups (broad SMARTS) is 1. The first-order chi connectivity index (χ1) is 6.86. The zero-order chi connectivity index (χ0) is 11.7. The van der Waals surface area contributed by atoms with E-state index < -0.39 is 37.9 Å². The van der Waals surface area contributed by atoms with Crippen molar-refractivity contribution in [1.29, 1.82) is 0 Å². The molecule has 0 aliphatic rings. The van der Waals surface area contributed by atoms with Crippen LogP contribution in [0.4, 0.5) is 5.69 Å². The van der Waals surface area contributed by atoms with Crippen LogP contribution in [0.25, 0.3) is 0 Å². The van der Waals surface area contributed by atoms with Crippen LogP contribution in [0, 0.1) is 10.1 Å². The van der Waals surface area contributed by atoms with E-state index in [1.807, 2.05) is 0 Å². The first-order valence-corrected chi connectivity index (χ1v) is 4.20. The second kappa shape index (κ2) is 3.92. The molecule has 0 aliphatic heterocycles. The molecule has 1 rings (SSSR count). The lowest BCUT2D eigenvalue weighted by molar-refractivity contribution is -0.385. The number of nitro benzene ring substituents is 1. The molecule has 6 nitrogen and oxygen atoms in total. The Hall–Kier alpha value is -1.53. The van der Waals surface area contributed by atoms with Crippen molar-refractivity contribution in [2.24, 2.45) is 0 Å². The fourth-order valence-electron chi connectivity index (χ4n) is 0.925. The van der Waals surface area contributed by atoms with Crippen LogP contribution < -0.4 is 0 Å². The lowest BCUT2D eigenvalue weighted by atomic mass is 10.2. The molecule has 80 valence electrons. The standard InChI is InChI=1S/C7H3Cl2NO5/c8-3-1-2(7(12)13)4(9)5(6(3)11)10(14)15/h1,11H,(H,12,13). The Balaban J connectivity index is 3.63. The first-order valence-electron chi connectivity index (χ1n) is 3.45. The van der Waals surface area contributed by atoms with Crippen molar-refractivity contribution in [3.63, 3.8) is 0 Å². The molecule has 0 saturated carbocycles. The number of nitro groups is 1. The number of phenols is 1. The quantitative estimate of drug-likeness (QED) is 0.621. The maximum atomic E-state index is 10.6. The average Bonchev–Trinajstić information content (AvgIpc) is 2.10. The highest BCUT2D eigenvalue weighted by atomic mass is 35.5. The number of benzene rings is 1. The Kier molecular flexibility index (Phi) is 3.01. The number of hydrogen-bond donors (Lipinski definition) is 2. The van der Waals surface area contributed by atoms with Crippen LogP contribution in [0.15, 0.2) is 6.07 Å². The summed E-state index contributed by atoms with van der Waals surface area (Å²) in [6, 6.07) is 0.842. The number of nitrogens with zero attached hydrogens (tertiary/aromatic N) is 1. The Labute approximate surface area is 92.8 Å². The Morgan fingerprint density at radius 1 is 1.47 bits per heavy atom. The molecule has 0 heterocycles. The topological polar surface area (TPSA) is 101 Å². The van der Waals surface area contributed by atoms with Crippen LogP contribution in [0.5, 0.6) is 5.75 Å². The van der Waals surface area contributed by atoms with Crippen molar-refractivity contribution in [3.05, 3.63) is 31.8 Å². The summed E-state index contributed by atoms with van der Waals surface area (Å²) < 4.78 is 0. The van der Waals surface area contributed by atoms with E-state index in [1.54, 1.807) is 0 Å². The van der Waals surface area contributed by atoms with Gasteiger partial charge in [-0.25, -0.2) is 4.79 Å². The Bertz CT molecular complexity index is 459. The fourth-order valence-corrected chi connectivity index (χ4v) is 1.42. The molecule has 0 amide bonds. The third kappa shape index (κ3) is 1.95. The van der Waals surface area contributed by atoms with Crippen LogP contribution in [-0.2, 0) is 0 Å². The molecule has 15 heavy (non-hydrogen) atoms. The third-order valence-corrected chi connectivity index (χ3v) is 2.25. The van der Waals surface area contributed by atoms with Crippen molar-refractivity contribution in [2.45, 2.75) is 0 Å². The van der Waals surface area contributed by atoms with Crippen LogP contribution in [0.1, 0.15) is 10.4 Å². The average molecular weight is 252 g/mol. The Morgan fingerprint density at radius 3 is 2.40 bits per heavy atom. The second-order valence-electron chi connectivity index (χ2n) is 2.48. The molecule has 1 aromatic rings. The van der Waals surface area contributed by atoms with Crippen molar-refractivity contribution in [3.8, 4) is 5.75 Å². The minimum Gasteiger partial charge on any atom is -0.501 e. The summed E-state index contributed by atoms with van der Waals surface area (Å²) in [5, 5.41) is 27.2. The predicted molar refractivity (Wildman–Crippen MR) is 51.7 cm³/mol. The molecular weight excluding hydrogens is 249 g/mol. The van der Waals surface area contributed by atoms with Gasteiger partial charge in [-0.3, -0.25) is 10.1 Å². The van der Waals surface area contributed by atoms with E-state index in [1.165, 1.54) is 0 Å². The number of hydrogen-bond acceptors (Lipinski definition) is 4. The van der Waals surface area contributed by atoms with Gasteiger partial charge in [0, 0.05) is 0 Å². The van der Waals surface area contributed by atoms with Gasteiger partial charge in [0.25, 0.3) is 0 Å². The lowest BCUT2D eigenvalue weighted by Gasteiger charge is -2.03. The normalized spacial score (nSPS) is 10.0. The molecule has 0 saturated heterocycles. The molecule has 0 aliphatic carbocycles. The van der Waals surface area contributed by atoms with E-state index in [-0.39, 0.29) is 0 Å². The monoisotopic (exact) mass is 251 g/mol. The number of carboxylic acids is 1. The van der Waals surface area contributed by atoms with Crippen LogP contribution in [0.3, 0.4) is 0 Å². The van der Waals surface area contributed by atoms with Crippen molar-refractivity contribution >= 4 is 34.9 Å². The summed E-state index contributed by atoms with van der Waals surface area (Å²) in [7, 11) is 0. The van der Waals surface area contributed by atoms with Gasteiger partial charge in [0.1, 0.15) is 5.02 Å². The van der Waals surface area contributed by atoms with Gasteiger partial charge in [-0.1, -0.05) is 23.2 Å². The zero-order valence-corrected chi connectivity index (χ0v) is 8.41. The highest BCUT2D eigenvalue weighted by molar-refractivity contribution is 6.38. The van der Waals surface area contributed by atoms with Crippen molar-refractivity contribution in [1.82, 2.24) is 0 Å². The fraction of sp³-hybridized carbons (Fsp3) is 0. The Morgan fingerprint density at radius 2 is 2.00 bits per heavy atom. The van der Waals surface area contributed by atoms with Gasteiger partial charge in [0.2, 0.25) is 5.75 Å². The lowest BCUT2D eigenvalue weighted by Crippen LogP contribution is -2.01. The molecular formula is C7H3Cl2NO5. The number of carbonyl (C=O) groups is 1. The first kappa shape index (κ1) is 11.5. The van der Waals surface area contributed by atoms with Crippen molar-refractivity contribution < 1.29 is 19.9 Å². The van der Waals surface area contributed by atoms with E-state index in [0.717, 1.165) is 6.07 Å². The summed E-state index contributed by atoms with van der Waals surface area (Å²) in [6.07, 6.45) is 0. The number of aromatic carboxylic acids is 1. The summed E-state index contributed by atoms with van der Waals surface area (Å²) in [5.74, 6) is -2.32. The van der Waals surface area contributed by atoms with Gasteiger partial charge >= 0.3 is 11.7 Å². The molecule has 0 radical (unpaired) electrons. The molecule has 0 unspecified atom stereocenters. The molecule has 0 atom stereocenters. The van der Waals surface area contributed by atoms with E-state index in [9.17, 15) is 20.0 Å². The molecule has 2 N–H and O–H groups in total. The second-order valence-corrected chi connectivity index (χ2v) is 3.26. The maximum absolute atomic E-state index is 10.6. The largest absolute Gasteiger partial charge is 0.501 e. The van der Waals surface area contributed by atoms with E-state index in [2.05, 4.69) is 0 Å². The van der Waals surface area contributed by atoms with Crippen molar-refractivity contribution in [2.75, 3.05) is 0 Å².